The van der Waals surface area contributed by atoms with Crippen LogP contribution in [0.4, 0.5) is 5.13 Å². The van der Waals surface area contributed by atoms with Gasteiger partial charge < -0.3 is 0 Å². The van der Waals surface area contributed by atoms with Gasteiger partial charge in [-0.05, 0) is 48.7 Å². The number of aryl methyl sites for hydroxylation is 1. The van der Waals surface area contributed by atoms with Crippen LogP contribution in [0.1, 0.15) is 41.3 Å². The number of benzene rings is 2. The number of nitrogens with zero attached hydrogens (tertiary/aromatic N) is 2. The maximum Gasteiger partial charge on any atom is 0.257 e. The number of nitriles is 1. The van der Waals surface area contributed by atoms with Crippen molar-refractivity contribution in [2.45, 2.75) is 26.2 Å². The molecule has 1 N–H and O–H groups in total. The second-order valence-corrected chi connectivity index (χ2v) is 6.60. The van der Waals surface area contributed by atoms with Crippen molar-refractivity contribution in [2.75, 3.05) is 5.32 Å². The van der Waals surface area contributed by atoms with E-state index in [0.29, 0.717) is 16.3 Å². The van der Waals surface area contributed by atoms with Crippen molar-refractivity contribution < 1.29 is 4.79 Å². The van der Waals surface area contributed by atoms with Crippen molar-refractivity contribution in [1.82, 2.24) is 4.98 Å². The number of hydrogen-bond acceptors (Lipinski definition) is 4. The van der Waals surface area contributed by atoms with E-state index < -0.39 is 0 Å². The summed E-state index contributed by atoms with van der Waals surface area (Å²) in [5.74, 6) is -0.252. The fourth-order valence-electron chi connectivity index (χ4n) is 2.46. The van der Waals surface area contributed by atoms with Gasteiger partial charge in [0.05, 0.1) is 21.8 Å². The molecule has 0 spiro atoms. The van der Waals surface area contributed by atoms with Gasteiger partial charge in [-0.25, -0.2) is 4.98 Å². The van der Waals surface area contributed by atoms with Gasteiger partial charge in [-0.15, -0.1) is 0 Å². The van der Waals surface area contributed by atoms with Gasteiger partial charge in [0.25, 0.3) is 5.91 Å². The Morgan fingerprint density at radius 2 is 2.17 bits per heavy atom. The Labute approximate surface area is 144 Å². The Morgan fingerprint density at radius 1 is 1.29 bits per heavy atom. The number of hydrogen-bond donors (Lipinski definition) is 1. The molecule has 0 saturated carbocycles. The van der Waals surface area contributed by atoms with Gasteiger partial charge in [-0.1, -0.05) is 36.8 Å². The van der Waals surface area contributed by atoms with Crippen LogP contribution >= 0.6 is 11.3 Å². The molecule has 24 heavy (non-hydrogen) atoms. The number of carbonyl (C=O) groups is 1. The van der Waals surface area contributed by atoms with Gasteiger partial charge in [0, 0.05) is 5.56 Å². The first kappa shape index (κ1) is 16.2. The third kappa shape index (κ3) is 3.61. The Kier molecular flexibility index (Phi) is 4.88. The van der Waals surface area contributed by atoms with E-state index in [0.717, 1.165) is 16.6 Å². The van der Waals surface area contributed by atoms with Crippen LogP contribution in [-0.2, 0) is 6.42 Å². The molecule has 3 aromatic rings. The maximum atomic E-state index is 12.3. The largest absolute Gasteiger partial charge is 0.298 e. The first-order valence-corrected chi connectivity index (χ1v) is 8.72. The number of anilines is 1. The summed E-state index contributed by atoms with van der Waals surface area (Å²) in [5.41, 5.74) is 3.11. The molecule has 1 amide bonds. The Balaban J connectivity index is 1.79. The topological polar surface area (TPSA) is 65.8 Å². The van der Waals surface area contributed by atoms with Crippen molar-refractivity contribution in [2.24, 2.45) is 0 Å². The van der Waals surface area contributed by atoms with E-state index in [-0.39, 0.29) is 5.91 Å². The van der Waals surface area contributed by atoms with E-state index >= 15 is 0 Å². The minimum atomic E-state index is -0.252. The number of aromatic nitrogens is 1. The number of thiazole rings is 1. The average Bonchev–Trinajstić information content (AvgIpc) is 3.01. The third-order valence-corrected chi connectivity index (χ3v) is 4.68. The summed E-state index contributed by atoms with van der Waals surface area (Å²) in [4.78, 5) is 16.8. The van der Waals surface area contributed by atoms with Crippen molar-refractivity contribution in [3.63, 3.8) is 0 Å². The first-order valence-electron chi connectivity index (χ1n) is 7.90. The van der Waals surface area contributed by atoms with Gasteiger partial charge in [0.1, 0.15) is 0 Å². The molecule has 0 unspecified atom stereocenters. The summed E-state index contributed by atoms with van der Waals surface area (Å²) in [7, 11) is 0. The van der Waals surface area contributed by atoms with Crippen LogP contribution in [0.25, 0.3) is 10.2 Å². The molecule has 0 aliphatic carbocycles. The Hall–Kier alpha value is -2.71. The van der Waals surface area contributed by atoms with Crippen molar-refractivity contribution in [3.8, 4) is 6.07 Å². The van der Waals surface area contributed by atoms with Crippen LogP contribution in [0.5, 0.6) is 0 Å². The fraction of sp³-hybridized carbons (Fsp3) is 0.211. The normalized spacial score (nSPS) is 10.5. The van der Waals surface area contributed by atoms with Crippen LogP contribution in [-0.4, -0.2) is 10.9 Å². The lowest BCUT2D eigenvalue weighted by Crippen LogP contribution is -2.11. The molecule has 5 heteroatoms. The third-order valence-electron chi connectivity index (χ3n) is 3.75. The smallest absolute Gasteiger partial charge is 0.257 e. The standard InChI is InChI=1S/C19H17N3OS/c1-2-3-5-13-8-9-16-17(11-13)24-19(21-16)22-18(23)15-7-4-6-14(10-15)12-20/h4,6-11H,2-3,5H2,1H3,(H,21,22,23). The van der Waals surface area contributed by atoms with Gasteiger partial charge in [0.15, 0.2) is 5.13 Å². The molecule has 1 heterocycles. The summed E-state index contributed by atoms with van der Waals surface area (Å²) in [6.45, 7) is 2.18. The predicted molar refractivity (Wildman–Crippen MR) is 97.3 cm³/mol. The van der Waals surface area contributed by atoms with Crippen LogP contribution in [0.2, 0.25) is 0 Å². The second kappa shape index (κ2) is 7.24. The summed E-state index contributed by atoms with van der Waals surface area (Å²) in [6.07, 6.45) is 3.40. The molecule has 2 aromatic carbocycles. The maximum absolute atomic E-state index is 12.3. The molecule has 0 bridgehead atoms. The molecule has 0 fully saturated rings. The van der Waals surface area contributed by atoms with E-state index in [1.165, 1.54) is 29.7 Å². The van der Waals surface area contributed by atoms with E-state index in [9.17, 15) is 4.79 Å². The van der Waals surface area contributed by atoms with Crippen molar-refractivity contribution in [1.29, 1.82) is 5.26 Å². The lowest BCUT2D eigenvalue weighted by molar-refractivity contribution is 0.102. The number of carbonyl (C=O) groups excluding carboxylic acids is 1. The zero-order chi connectivity index (χ0) is 16.9. The van der Waals surface area contributed by atoms with Crippen LogP contribution in [0.15, 0.2) is 42.5 Å². The number of amides is 1. The van der Waals surface area contributed by atoms with Gasteiger partial charge in [-0.2, -0.15) is 5.26 Å². The molecule has 0 atom stereocenters. The van der Waals surface area contributed by atoms with Crippen molar-refractivity contribution >= 4 is 32.6 Å². The zero-order valence-corrected chi connectivity index (χ0v) is 14.2. The average molecular weight is 335 g/mol. The summed E-state index contributed by atoms with van der Waals surface area (Å²) < 4.78 is 1.07. The lowest BCUT2D eigenvalue weighted by atomic mass is 10.1. The molecule has 120 valence electrons. The fourth-order valence-corrected chi connectivity index (χ4v) is 3.38. The van der Waals surface area contributed by atoms with Crippen molar-refractivity contribution in [3.05, 3.63) is 59.2 Å². The van der Waals surface area contributed by atoms with Gasteiger partial charge >= 0.3 is 0 Å². The number of unbranched alkanes of at least 4 members (excludes halogenated alkanes) is 1. The zero-order valence-electron chi connectivity index (χ0n) is 13.4. The predicted octanol–water partition coefficient (Wildman–Crippen LogP) is 4.76. The molecule has 0 saturated heterocycles. The first-order chi connectivity index (χ1) is 11.7. The molecule has 0 aliphatic heterocycles. The summed E-state index contributed by atoms with van der Waals surface area (Å²) >= 11 is 1.47. The minimum Gasteiger partial charge on any atom is -0.298 e. The molecular weight excluding hydrogens is 318 g/mol. The number of fused-ring (bicyclic) bond motifs is 1. The monoisotopic (exact) mass is 335 g/mol. The minimum absolute atomic E-state index is 0.252. The molecule has 1 aromatic heterocycles. The molecule has 0 radical (unpaired) electrons. The highest BCUT2D eigenvalue weighted by Gasteiger charge is 2.11. The SMILES string of the molecule is CCCCc1ccc2nc(NC(=O)c3cccc(C#N)c3)sc2c1. The van der Waals surface area contributed by atoms with Crippen LogP contribution in [0.3, 0.4) is 0 Å². The molecule has 0 aliphatic rings. The highest BCUT2D eigenvalue weighted by Crippen LogP contribution is 2.27. The van der Waals surface area contributed by atoms with E-state index in [1.54, 1.807) is 24.3 Å². The Bertz CT molecular complexity index is 924. The van der Waals surface area contributed by atoms with Gasteiger partial charge in [-0.3, -0.25) is 10.1 Å². The Morgan fingerprint density at radius 3 is 2.96 bits per heavy atom. The molecular formula is C19H17N3OS. The molecule has 3 rings (SSSR count). The number of nitrogens with one attached hydrogen (secondary N) is 1. The quantitative estimate of drug-likeness (QED) is 0.731. The number of rotatable bonds is 5. The highest BCUT2D eigenvalue weighted by atomic mass is 32.1. The van der Waals surface area contributed by atoms with E-state index in [2.05, 4.69) is 29.4 Å². The summed E-state index contributed by atoms with van der Waals surface area (Å²) in [6, 6.07) is 14.9. The van der Waals surface area contributed by atoms with E-state index in [4.69, 9.17) is 5.26 Å². The van der Waals surface area contributed by atoms with Crippen LogP contribution < -0.4 is 5.32 Å². The second-order valence-electron chi connectivity index (χ2n) is 5.57. The van der Waals surface area contributed by atoms with Crippen LogP contribution in [0, 0.1) is 11.3 Å². The lowest BCUT2D eigenvalue weighted by Gasteiger charge is -2.01. The molecule has 4 nitrogen and oxygen atoms in total. The highest BCUT2D eigenvalue weighted by molar-refractivity contribution is 7.22. The van der Waals surface area contributed by atoms with Gasteiger partial charge in [0.2, 0.25) is 0 Å². The van der Waals surface area contributed by atoms with E-state index in [1.807, 2.05) is 12.1 Å². The summed E-state index contributed by atoms with van der Waals surface area (Å²) in [5, 5.41) is 12.3.